The molecule has 0 bridgehead atoms. The Bertz CT molecular complexity index is 1020. The molecule has 1 amide bonds. The van der Waals surface area contributed by atoms with Crippen molar-refractivity contribution in [1.82, 2.24) is 0 Å². The van der Waals surface area contributed by atoms with E-state index < -0.39 is 0 Å². The third-order valence-electron chi connectivity index (χ3n) is 4.11. The zero-order valence-corrected chi connectivity index (χ0v) is 17.7. The molecule has 0 atom stereocenters. The highest BCUT2D eigenvalue weighted by atomic mass is 127. The molecule has 28 heavy (non-hydrogen) atoms. The largest absolute Gasteiger partial charge is 0.493 e. The Morgan fingerprint density at radius 1 is 1.04 bits per heavy atom. The number of ketones is 1. The second-order valence-corrected chi connectivity index (χ2v) is 6.52. The zero-order chi connectivity index (χ0) is 20.3. The van der Waals surface area contributed by atoms with Crippen LogP contribution in [0.25, 0.3) is 11.0 Å². The molecule has 146 valence electrons. The Labute approximate surface area is 175 Å². The minimum atomic E-state index is -0.346. The lowest BCUT2D eigenvalue weighted by Gasteiger charge is -2.13. The third-order valence-corrected chi connectivity index (χ3v) is 4.80. The van der Waals surface area contributed by atoms with Gasteiger partial charge in [0, 0.05) is 10.9 Å². The molecule has 7 nitrogen and oxygen atoms in total. The molecular formula is C20H18INO6. The number of furan rings is 1. The molecule has 0 aliphatic carbocycles. The molecule has 0 saturated carbocycles. The summed E-state index contributed by atoms with van der Waals surface area (Å²) in [5.74, 6) is 0.802. The van der Waals surface area contributed by atoms with E-state index in [2.05, 4.69) is 5.32 Å². The van der Waals surface area contributed by atoms with E-state index in [9.17, 15) is 9.59 Å². The predicted octanol–water partition coefficient (Wildman–Crippen LogP) is 4.06. The summed E-state index contributed by atoms with van der Waals surface area (Å²) in [4.78, 5) is 24.7. The summed E-state index contributed by atoms with van der Waals surface area (Å²) in [7, 11) is 4.45. The van der Waals surface area contributed by atoms with E-state index in [-0.39, 0.29) is 17.5 Å². The summed E-state index contributed by atoms with van der Waals surface area (Å²) < 4.78 is 21.9. The highest BCUT2D eigenvalue weighted by Crippen LogP contribution is 2.39. The van der Waals surface area contributed by atoms with Crippen molar-refractivity contribution in [3.05, 3.63) is 47.7 Å². The minimum Gasteiger partial charge on any atom is -0.493 e. The van der Waals surface area contributed by atoms with Crippen LogP contribution in [-0.4, -0.2) is 37.4 Å². The summed E-state index contributed by atoms with van der Waals surface area (Å²) in [6.07, 6.45) is 0. The van der Waals surface area contributed by atoms with Gasteiger partial charge in [-0.05, 0) is 30.3 Å². The van der Waals surface area contributed by atoms with E-state index in [4.69, 9.17) is 18.6 Å². The Morgan fingerprint density at radius 3 is 2.29 bits per heavy atom. The van der Waals surface area contributed by atoms with Crippen molar-refractivity contribution in [2.45, 2.75) is 0 Å². The summed E-state index contributed by atoms with van der Waals surface area (Å²) in [5, 5.41) is 3.45. The number of fused-ring (bicyclic) bond motifs is 1. The van der Waals surface area contributed by atoms with Gasteiger partial charge in [0.1, 0.15) is 5.58 Å². The Kier molecular flexibility index (Phi) is 6.08. The number of alkyl halides is 1. The van der Waals surface area contributed by atoms with Gasteiger partial charge >= 0.3 is 0 Å². The van der Waals surface area contributed by atoms with Crippen LogP contribution < -0.4 is 19.5 Å². The smallest absolute Gasteiger partial charge is 0.234 e. The lowest BCUT2D eigenvalue weighted by atomic mass is 10.1. The minimum absolute atomic E-state index is 0.133. The van der Waals surface area contributed by atoms with E-state index in [0.29, 0.717) is 43.9 Å². The molecule has 0 aliphatic heterocycles. The fourth-order valence-electron chi connectivity index (χ4n) is 2.82. The number of carbonyl (C=O) groups is 2. The Hall–Kier alpha value is -2.75. The van der Waals surface area contributed by atoms with Crippen LogP contribution in [0.2, 0.25) is 0 Å². The summed E-state index contributed by atoms with van der Waals surface area (Å²) >= 11 is 1.98. The van der Waals surface area contributed by atoms with Crippen LogP contribution in [0.4, 0.5) is 5.69 Å². The molecule has 3 aromatic rings. The van der Waals surface area contributed by atoms with Gasteiger partial charge in [0.05, 0.1) is 31.4 Å². The van der Waals surface area contributed by atoms with Gasteiger partial charge in [0.2, 0.25) is 17.4 Å². The van der Waals surface area contributed by atoms with Crippen LogP contribution in [0.1, 0.15) is 16.1 Å². The zero-order valence-electron chi connectivity index (χ0n) is 15.5. The van der Waals surface area contributed by atoms with Crippen molar-refractivity contribution in [1.29, 1.82) is 0 Å². The molecular weight excluding hydrogens is 477 g/mol. The lowest BCUT2D eigenvalue weighted by Crippen LogP contribution is -2.12. The van der Waals surface area contributed by atoms with Crippen molar-refractivity contribution in [3.63, 3.8) is 0 Å². The maximum Gasteiger partial charge on any atom is 0.234 e. The Balaban J connectivity index is 2.04. The standard InChI is InChI=1S/C20H18INO6/c1-25-16-7-11(8-17(26-2)20(16)27-3)19(24)15-9-12-13(22-18(23)10-21)5-4-6-14(12)28-15/h4-9H,10H2,1-3H3,(H,22,23). The number of hydrogen-bond acceptors (Lipinski definition) is 6. The molecule has 0 radical (unpaired) electrons. The van der Waals surface area contributed by atoms with Crippen LogP contribution in [0, 0.1) is 0 Å². The predicted molar refractivity (Wildman–Crippen MR) is 113 cm³/mol. The first-order valence-electron chi connectivity index (χ1n) is 8.25. The first-order chi connectivity index (χ1) is 13.5. The number of benzene rings is 2. The molecule has 1 heterocycles. The summed E-state index contributed by atoms with van der Waals surface area (Å²) in [6, 6.07) is 9.99. The van der Waals surface area contributed by atoms with Gasteiger partial charge in [0.25, 0.3) is 0 Å². The van der Waals surface area contributed by atoms with Crippen LogP contribution in [0.3, 0.4) is 0 Å². The average molecular weight is 495 g/mol. The number of rotatable bonds is 7. The highest BCUT2D eigenvalue weighted by Gasteiger charge is 2.21. The first kappa shape index (κ1) is 20.0. The number of hydrogen-bond donors (Lipinski definition) is 1. The van der Waals surface area contributed by atoms with Crippen LogP contribution in [-0.2, 0) is 4.79 Å². The van der Waals surface area contributed by atoms with Crippen molar-refractivity contribution >= 4 is 50.9 Å². The van der Waals surface area contributed by atoms with Crippen molar-refractivity contribution in [2.75, 3.05) is 31.1 Å². The average Bonchev–Trinajstić information content (AvgIpc) is 3.17. The highest BCUT2D eigenvalue weighted by molar-refractivity contribution is 14.1. The summed E-state index contributed by atoms with van der Waals surface area (Å²) in [6.45, 7) is 0. The summed E-state index contributed by atoms with van der Waals surface area (Å²) in [5.41, 5.74) is 1.42. The molecule has 0 spiro atoms. The number of methoxy groups -OCH3 is 3. The fraction of sp³-hybridized carbons (Fsp3) is 0.200. The molecule has 1 N–H and O–H groups in total. The van der Waals surface area contributed by atoms with Gasteiger partial charge in [-0.1, -0.05) is 28.7 Å². The van der Waals surface area contributed by atoms with Gasteiger partial charge in [0.15, 0.2) is 17.3 Å². The third kappa shape index (κ3) is 3.77. The quantitative estimate of drug-likeness (QED) is 0.302. The van der Waals surface area contributed by atoms with Gasteiger partial charge in [-0.2, -0.15) is 0 Å². The van der Waals surface area contributed by atoms with Crippen molar-refractivity contribution < 1.29 is 28.2 Å². The van der Waals surface area contributed by atoms with Gasteiger partial charge in [-0.25, -0.2) is 0 Å². The number of ether oxygens (including phenoxy) is 3. The maximum atomic E-state index is 13.0. The second-order valence-electron chi connectivity index (χ2n) is 5.75. The molecule has 1 aromatic heterocycles. The van der Waals surface area contributed by atoms with Gasteiger partial charge in [-0.3, -0.25) is 9.59 Å². The van der Waals surface area contributed by atoms with E-state index in [1.54, 1.807) is 36.4 Å². The molecule has 8 heteroatoms. The molecule has 0 saturated heterocycles. The number of anilines is 1. The van der Waals surface area contributed by atoms with E-state index in [1.165, 1.54) is 21.3 Å². The monoisotopic (exact) mass is 495 g/mol. The van der Waals surface area contributed by atoms with Crippen molar-refractivity contribution in [2.24, 2.45) is 0 Å². The molecule has 2 aromatic carbocycles. The second kappa shape index (κ2) is 8.51. The molecule has 0 aliphatic rings. The SMILES string of the molecule is COc1cc(C(=O)c2cc3c(NC(=O)CI)cccc3o2)cc(OC)c1OC. The first-order valence-corrected chi connectivity index (χ1v) is 9.78. The number of carbonyl (C=O) groups excluding carboxylic acids is 2. The molecule has 0 unspecified atom stereocenters. The topological polar surface area (TPSA) is 87.0 Å². The van der Waals surface area contributed by atoms with E-state index in [1.807, 2.05) is 22.6 Å². The fourth-order valence-corrected chi connectivity index (χ4v) is 3.01. The lowest BCUT2D eigenvalue weighted by molar-refractivity contribution is -0.113. The Morgan fingerprint density at radius 2 is 1.71 bits per heavy atom. The van der Waals surface area contributed by atoms with E-state index in [0.717, 1.165) is 0 Å². The number of nitrogens with one attached hydrogen (secondary N) is 1. The van der Waals surface area contributed by atoms with Crippen LogP contribution >= 0.6 is 22.6 Å². The maximum absolute atomic E-state index is 13.0. The van der Waals surface area contributed by atoms with Crippen LogP contribution in [0.15, 0.2) is 40.8 Å². The normalized spacial score (nSPS) is 10.6. The van der Waals surface area contributed by atoms with Crippen LogP contribution in [0.5, 0.6) is 17.2 Å². The van der Waals surface area contributed by atoms with Gasteiger partial charge in [-0.15, -0.1) is 0 Å². The number of halogens is 1. The van der Waals surface area contributed by atoms with Crippen molar-refractivity contribution in [3.8, 4) is 17.2 Å². The van der Waals surface area contributed by atoms with Gasteiger partial charge < -0.3 is 23.9 Å². The van der Waals surface area contributed by atoms with E-state index >= 15 is 0 Å². The molecule has 0 fully saturated rings. The number of amides is 1. The molecule has 3 rings (SSSR count).